The van der Waals surface area contributed by atoms with Crippen molar-refractivity contribution < 1.29 is 23.1 Å². The van der Waals surface area contributed by atoms with Gasteiger partial charge >= 0.3 is 5.97 Å². The summed E-state index contributed by atoms with van der Waals surface area (Å²) < 4.78 is 29.9. The van der Waals surface area contributed by atoms with E-state index >= 15 is 0 Å². The number of hydrogen-bond acceptors (Lipinski definition) is 4. The van der Waals surface area contributed by atoms with E-state index in [0.717, 1.165) is 4.31 Å². The molecule has 17 heavy (non-hydrogen) atoms. The van der Waals surface area contributed by atoms with E-state index in [-0.39, 0.29) is 17.7 Å². The number of nitrogens with zero attached hydrogens (tertiary/aromatic N) is 1. The van der Waals surface area contributed by atoms with Gasteiger partial charge in [-0.3, -0.25) is 4.79 Å². The Labute approximate surface area is 103 Å². The summed E-state index contributed by atoms with van der Waals surface area (Å²) in [6.07, 6.45) is 0. The Hall–Kier alpha value is -0.660. The van der Waals surface area contributed by atoms with Crippen LogP contribution in [0.2, 0.25) is 0 Å². The minimum Gasteiger partial charge on any atom is -0.480 e. The molecule has 0 aliphatic carbocycles. The summed E-state index contributed by atoms with van der Waals surface area (Å²) in [5, 5.41) is 8.70. The number of sulfonamides is 1. The van der Waals surface area contributed by atoms with Crippen LogP contribution in [0.25, 0.3) is 0 Å². The van der Waals surface area contributed by atoms with E-state index in [1.54, 1.807) is 20.8 Å². The first-order valence-electron chi connectivity index (χ1n) is 5.41. The molecule has 0 radical (unpaired) electrons. The predicted octanol–water partition coefficient (Wildman–Crippen LogP) is 0.394. The monoisotopic (exact) mass is 267 g/mol. The van der Waals surface area contributed by atoms with Crippen LogP contribution in [0.5, 0.6) is 0 Å². The van der Waals surface area contributed by atoms with Crippen LogP contribution in [0.4, 0.5) is 0 Å². The largest absolute Gasteiger partial charge is 0.480 e. The molecule has 1 N–H and O–H groups in total. The van der Waals surface area contributed by atoms with E-state index in [2.05, 4.69) is 0 Å². The lowest BCUT2D eigenvalue weighted by atomic mass is 10.2. The molecule has 6 nitrogen and oxygen atoms in total. The zero-order valence-electron chi connectivity index (χ0n) is 10.7. The molecule has 0 aromatic heterocycles. The van der Waals surface area contributed by atoms with E-state index in [0.29, 0.717) is 6.61 Å². The second-order valence-corrected chi connectivity index (χ2v) is 6.34. The van der Waals surface area contributed by atoms with E-state index in [1.165, 1.54) is 7.11 Å². The standard InChI is InChI=1S/C10H21NO5S/c1-8(2)11(5-10(12)13)17(14,15)7-9(3)6-16-4/h8-9H,5-7H2,1-4H3,(H,12,13). The Bertz CT molecular complexity index is 339. The van der Waals surface area contributed by atoms with Gasteiger partial charge in [-0.25, -0.2) is 8.42 Å². The summed E-state index contributed by atoms with van der Waals surface area (Å²) in [4.78, 5) is 10.6. The molecule has 0 amide bonds. The molecule has 102 valence electrons. The van der Waals surface area contributed by atoms with Gasteiger partial charge in [0, 0.05) is 19.8 Å². The number of carboxylic acid groups (broad SMARTS) is 1. The number of methoxy groups -OCH3 is 1. The van der Waals surface area contributed by atoms with E-state index < -0.39 is 22.5 Å². The van der Waals surface area contributed by atoms with Crippen molar-refractivity contribution in [1.82, 2.24) is 4.31 Å². The summed E-state index contributed by atoms with van der Waals surface area (Å²) in [6, 6.07) is -0.370. The van der Waals surface area contributed by atoms with Crippen LogP contribution in [-0.4, -0.2) is 55.9 Å². The summed E-state index contributed by atoms with van der Waals surface area (Å²) in [5.41, 5.74) is 0. The zero-order chi connectivity index (χ0) is 13.6. The molecule has 0 aromatic carbocycles. The van der Waals surface area contributed by atoms with E-state index in [1.807, 2.05) is 0 Å². The summed E-state index contributed by atoms with van der Waals surface area (Å²) >= 11 is 0. The van der Waals surface area contributed by atoms with Gasteiger partial charge in [0.05, 0.1) is 5.75 Å². The molecule has 0 saturated heterocycles. The van der Waals surface area contributed by atoms with Crippen LogP contribution in [0, 0.1) is 5.92 Å². The molecule has 0 aromatic rings. The summed E-state index contributed by atoms with van der Waals surface area (Å²) in [6.45, 7) is 4.89. The number of ether oxygens (including phenoxy) is 1. The molecule has 0 bridgehead atoms. The maximum absolute atomic E-state index is 12.0. The highest BCUT2D eigenvalue weighted by atomic mass is 32.2. The Kier molecular flexibility index (Phi) is 6.66. The highest BCUT2D eigenvalue weighted by Crippen LogP contribution is 2.11. The SMILES string of the molecule is COCC(C)CS(=O)(=O)N(CC(=O)O)C(C)C. The van der Waals surface area contributed by atoms with Crippen molar-refractivity contribution in [3.8, 4) is 0 Å². The first kappa shape index (κ1) is 16.3. The molecule has 1 atom stereocenters. The highest BCUT2D eigenvalue weighted by molar-refractivity contribution is 7.89. The van der Waals surface area contributed by atoms with Crippen molar-refractivity contribution >= 4 is 16.0 Å². The molecule has 0 aliphatic rings. The van der Waals surface area contributed by atoms with Crippen LogP contribution in [-0.2, 0) is 19.6 Å². The molecule has 0 fully saturated rings. The average molecular weight is 267 g/mol. The van der Waals surface area contributed by atoms with Crippen molar-refractivity contribution in [2.75, 3.05) is 26.0 Å². The molecule has 0 heterocycles. The molecule has 0 saturated carbocycles. The fourth-order valence-corrected chi connectivity index (χ4v) is 3.48. The Morgan fingerprint density at radius 3 is 2.24 bits per heavy atom. The lowest BCUT2D eigenvalue weighted by Crippen LogP contribution is -2.43. The molecular formula is C10H21NO5S. The molecule has 0 aliphatic heterocycles. The van der Waals surface area contributed by atoms with Crippen molar-refractivity contribution in [3.63, 3.8) is 0 Å². The molecule has 0 rings (SSSR count). The minimum absolute atomic E-state index is 0.105. The number of carbonyl (C=O) groups is 1. The Morgan fingerprint density at radius 2 is 1.88 bits per heavy atom. The van der Waals surface area contributed by atoms with Crippen LogP contribution in [0.3, 0.4) is 0 Å². The van der Waals surface area contributed by atoms with Gasteiger partial charge in [-0.05, 0) is 19.8 Å². The van der Waals surface area contributed by atoms with Crippen LogP contribution < -0.4 is 0 Å². The van der Waals surface area contributed by atoms with Crippen LogP contribution in [0.1, 0.15) is 20.8 Å². The molecule has 7 heteroatoms. The highest BCUT2D eigenvalue weighted by Gasteiger charge is 2.28. The topological polar surface area (TPSA) is 83.9 Å². The normalized spacial score (nSPS) is 14.2. The van der Waals surface area contributed by atoms with Crippen molar-refractivity contribution in [2.24, 2.45) is 5.92 Å². The fraction of sp³-hybridized carbons (Fsp3) is 0.900. The van der Waals surface area contributed by atoms with Crippen LogP contribution in [0.15, 0.2) is 0 Å². The first-order valence-corrected chi connectivity index (χ1v) is 7.01. The van der Waals surface area contributed by atoms with Gasteiger partial charge in [-0.2, -0.15) is 4.31 Å². The third-order valence-corrected chi connectivity index (χ3v) is 4.43. The van der Waals surface area contributed by atoms with Crippen LogP contribution >= 0.6 is 0 Å². The molecular weight excluding hydrogens is 246 g/mol. The fourth-order valence-electron chi connectivity index (χ4n) is 1.52. The van der Waals surface area contributed by atoms with Crippen molar-refractivity contribution in [1.29, 1.82) is 0 Å². The smallest absolute Gasteiger partial charge is 0.318 e. The summed E-state index contributed by atoms with van der Waals surface area (Å²) in [5.74, 6) is -1.42. The zero-order valence-corrected chi connectivity index (χ0v) is 11.5. The third-order valence-electron chi connectivity index (χ3n) is 2.17. The number of aliphatic carboxylic acids is 1. The van der Waals surface area contributed by atoms with Crippen molar-refractivity contribution in [3.05, 3.63) is 0 Å². The molecule has 0 spiro atoms. The van der Waals surface area contributed by atoms with Gasteiger partial charge in [0.1, 0.15) is 6.54 Å². The second kappa shape index (κ2) is 6.93. The minimum atomic E-state index is -3.57. The van der Waals surface area contributed by atoms with E-state index in [4.69, 9.17) is 9.84 Å². The maximum atomic E-state index is 12.0. The van der Waals surface area contributed by atoms with Gasteiger partial charge < -0.3 is 9.84 Å². The number of rotatable bonds is 8. The Morgan fingerprint density at radius 1 is 1.35 bits per heavy atom. The van der Waals surface area contributed by atoms with Gasteiger partial charge in [0.25, 0.3) is 0 Å². The molecule has 1 unspecified atom stereocenters. The van der Waals surface area contributed by atoms with Crippen molar-refractivity contribution in [2.45, 2.75) is 26.8 Å². The second-order valence-electron chi connectivity index (χ2n) is 4.37. The average Bonchev–Trinajstić information content (AvgIpc) is 2.12. The lowest BCUT2D eigenvalue weighted by Gasteiger charge is -2.25. The predicted molar refractivity (Wildman–Crippen MR) is 64.3 cm³/mol. The maximum Gasteiger partial charge on any atom is 0.318 e. The Balaban J connectivity index is 4.78. The van der Waals surface area contributed by atoms with Gasteiger partial charge in [-0.1, -0.05) is 6.92 Å². The first-order chi connectivity index (χ1) is 7.70. The van der Waals surface area contributed by atoms with Gasteiger partial charge in [-0.15, -0.1) is 0 Å². The number of hydrogen-bond donors (Lipinski definition) is 1. The summed E-state index contributed by atoms with van der Waals surface area (Å²) in [7, 11) is -2.07. The van der Waals surface area contributed by atoms with Gasteiger partial charge in [0.15, 0.2) is 0 Å². The quantitative estimate of drug-likeness (QED) is 0.688. The van der Waals surface area contributed by atoms with E-state index in [9.17, 15) is 13.2 Å². The lowest BCUT2D eigenvalue weighted by molar-refractivity contribution is -0.137. The van der Waals surface area contributed by atoms with Gasteiger partial charge in [0.2, 0.25) is 10.0 Å². The third kappa shape index (κ3) is 5.99. The number of carboxylic acids is 1.